The van der Waals surface area contributed by atoms with Crippen molar-refractivity contribution < 1.29 is 4.79 Å². The van der Waals surface area contributed by atoms with Crippen molar-refractivity contribution in [2.45, 2.75) is 25.8 Å². The molecule has 1 aliphatic rings. The van der Waals surface area contributed by atoms with E-state index in [1.54, 1.807) is 7.05 Å². The Kier molecular flexibility index (Phi) is 6.14. The number of benzene rings is 1. The van der Waals surface area contributed by atoms with Gasteiger partial charge in [0.25, 0.3) is 0 Å². The van der Waals surface area contributed by atoms with Crippen molar-refractivity contribution in [1.29, 1.82) is 0 Å². The summed E-state index contributed by atoms with van der Waals surface area (Å²) in [5, 5.41) is 2.93. The van der Waals surface area contributed by atoms with Crippen LogP contribution < -0.4 is 5.32 Å². The second-order valence-electron chi connectivity index (χ2n) is 7.96. The molecule has 6 heteroatoms. The third-order valence-corrected chi connectivity index (χ3v) is 5.89. The van der Waals surface area contributed by atoms with Gasteiger partial charge in [0, 0.05) is 44.3 Å². The topological polar surface area (TPSA) is 71.0 Å². The third-order valence-electron chi connectivity index (χ3n) is 5.89. The van der Waals surface area contributed by atoms with Crippen LogP contribution in [0.3, 0.4) is 0 Å². The Balaban J connectivity index is 1.63. The smallest absolute Gasteiger partial charge is 0.227 e. The van der Waals surface area contributed by atoms with E-state index in [2.05, 4.69) is 37.3 Å². The molecule has 4 rings (SSSR count). The minimum Gasteiger partial charge on any atom is -0.359 e. The highest BCUT2D eigenvalue weighted by Gasteiger charge is 2.42. The lowest BCUT2D eigenvalue weighted by atomic mass is 9.73. The molecule has 1 amide bonds. The Morgan fingerprint density at radius 3 is 2.70 bits per heavy atom. The maximum absolute atomic E-state index is 13.2. The Hall–Kier alpha value is -3.12. The van der Waals surface area contributed by atoms with Crippen LogP contribution in [0.25, 0.3) is 11.1 Å². The number of carbonyl (C=O) groups excluding carboxylic acids is 1. The zero-order valence-corrected chi connectivity index (χ0v) is 17.3. The van der Waals surface area contributed by atoms with E-state index in [0.717, 1.165) is 48.3 Å². The van der Waals surface area contributed by atoms with Gasteiger partial charge >= 0.3 is 0 Å². The molecule has 1 unspecified atom stereocenters. The molecular weight excluding hydrogens is 374 g/mol. The summed E-state index contributed by atoms with van der Waals surface area (Å²) in [5.41, 5.74) is 3.76. The molecule has 3 heterocycles. The summed E-state index contributed by atoms with van der Waals surface area (Å²) in [6.45, 7) is 2.44. The summed E-state index contributed by atoms with van der Waals surface area (Å²) in [6, 6.07) is 14.2. The van der Waals surface area contributed by atoms with E-state index in [0.29, 0.717) is 13.0 Å². The van der Waals surface area contributed by atoms with Crippen LogP contribution in [0.2, 0.25) is 0 Å². The van der Waals surface area contributed by atoms with E-state index in [1.165, 1.54) is 6.33 Å². The van der Waals surface area contributed by atoms with Crippen LogP contribution in [0, 0.1) is 5.41 Å². The molecule has 2 aromatic heterocycles. The Bertz CT molecular complexity index is 979. The highest BCUT2D eigenvalue weighted by molar-refractivity contribution is 5.83. The van der Waals surface area contributed by atoms with Crippen LogP contribution in [0.4, 0.5) is 0 Å². The number of nitrogens with one attached hydrogen (secondary N) is 1. The summed E-state index contributed by atoms with van der Waals surface area (Å²) in [7, 11) is 1.73. The molecule has 30 heavy (non-hydrogen) atoms. The van der Waals surface area contributed by atoms with Crippen molar-refractivity contribution >= 4 is 5.91 Å². The molecule has 0 bridgehead atoms. The number of piperidine rings is 1. The predicted molar refractivity (Wildman–Crippen MR) is 116 cm³/mol. The number of carbonyl (C=O) groups is 1. The average Bonchev–Trinajstić information content (AvgIpc) is 2.80. The zero-order chi connectivity index (χ0) is 20.8. The molecule has 0 aliphatic carbocycles. The lowest BCUT2D eigenvalue weighted by Crippen LogP contribution is -2.52. The van der Waals surface area contributed by atoms with Gasteiger partial charge in [-0.2, -0.15) is 0 Å². The van der Waals surface area contributed by atoms with Crippen molar-refractivity contribution in [3.8, 4) is 11.1 Å². The maximum Gasteiger partial charge on any atom is 0.227 e. The van der Waals surface area contributed by atoms with Crippen LogP contribution in [-0.2, 0) is 17.8 Å². The van der Waals surface area contributed by atoms with Gasteiger partial charge < -0.3 is 5.32 Å². The highest BCUT2D eigenvalue weighted by atomic mass is 16.2. The fraction of sp³-hybridized carbons (Fsp3) is 0.333. The minimum absolute atomic E-state index is 0.104. The van der Waals surface area contributed by atoms with Crippen LogP contribution >= 0.6 is 0 Å². The number of rotatable bonds is 6. The monoisotopic (exact) mass is 401 g/mol. The van der Waals surface area contributed by atoms with E-state index in [4.69, 9.17) is 0 Å². The lowest BCUT2D eigenvalue weighted by Gasteiger charge is -2.42. The number of nitrogens with zero attached hydrogens (tertiary/aromatic N) is 4. The van der Waals surface area contributed by atoms with Crippen molar-refractivity contribution in [2.75, 3.05) is 20.1 Å². The van der Waals surface area contributed by atoms with Crippen LogP contribution in [0.1, 0.15) is 24.1 Å². The SMILES string of the molecule is CNC(=O)C1(Cc2ccccc2-c2cncnc2)CCCN(Cc2ccccn2)C1. The molecule has 0 radical (unpaired) electrons. The quantitative estimate of drug-likeness (QED) is 0.687. The fourth-order valence-electron chi connectivity index (χ4n) is 4.52. The van der Waals surface area contributed by atoms with Gasteiger partial charge in [-0.25, -0.2) is 9.97 Å². The van der Waals surface area contributed by atoms with Gasteiger partial charge in [0.15, 0.2) is 0 Å². The van der Waals surface area contributed by atoms with E-state index in [1.807, 2.05) is 48.9 Å². The number of pyridine rings is 1. The van der Waals surface area contributed by atoms with E-state index in [9.17, 15) is 4.79 Å². The second-order valence-corrected chi connectivity index (χ2v) is 7.96. The summed E-state index contributed by atoms with van der Waals surface area (Å²) < 4.78 is 0. The molecule has 1 saturated heterocycles. The summed E-state index contributed by atoms with van der Waals surface area (Å²) in [5.74, 6) is 0.104. The predicted octanol–water partition coefficient (Wildman–Crippen LogP) is 3.11. The Labute approximate surface area is 177 Å². The molecule has 0 saturated carbocycles. The Morgan fingerprint density at radius 2 is 1.93 bits per heavy atom. The maximum atomic E-state index is 13.2. The molecule has 3 aromatic rings. The molecule has 6 nitrogen and oxygen atoms in total. The van der Waals surface area contributed by atoms with Crippen LogP contribution in [0.5, 0.6) is 0 Å². The normalized spacial score (nSPS) is 19.4. The largest absolute Gasteiger partial charge is 0.359 e. The zero-order valence-electron chi connectivity index (χ0n) is 17.3. The molecule has 1 fully saturated rings. The number of likely N-dealkylation sites (tertiary alicyclic amines) is 1. The van der Waals surface area contributed by atoms with Crippen molar-refractivity contribution in [1.82, 2.24) is 25.2 Å². The molecule has 1 atom stereocenters. The number of amides is 1. The summed E-state index contributed by atoms with van der Waals surface area (Å²) >= 11 is 0. The van der Waals surface area contributed by atoms with E-state index < -0.39 is 5.41 Å². The van der Waals surface area contributed by atoms with Crippen molar-refractivity contribution in [3.05, 3.63) is 78.6 Å². The van der Waals surface area contributed by atoms with E-state index >= 15 is 0 Å². The molecule has 154 valence electrons. The first kappa shape index (κ1) is 20.2. The molecule has 1 aliphatic heterocycles. The first-order valence-corrected chi connectivity index (χ1v) is 10.4. The lowest BCUT2D eigenvalue weighted by molar-refractivity contribution is -0.134. The molecule has 1 N–H and O–H groups in total. The summed E-state index contributed by atoms with van der Waals surface area (Å²) in [4.78, 5) is 28.3. The average molecular weight is 402 g/mol. The number of hydrogen-bond acceptors (Lipinski definition) is 5. The first-order valence-electron chi connectivity index (χ1n) is 10.4. The third kappa shape index (κ3) is 4.39. The van der Waals surface area contributed by atoms with Gasteiger partial charge in [0.1, 0.15) is 6.33 Å². The van der Waals surface area contributed by atoms with Crippen molar-refractivity contribution in [3.63, 3.8) is 0 Å². The van der Waals surface area contributed by atoms with Crippen LogP contribution in [0.15, 0.2) is 67.4 Å². The number of aromatic nitrogens is 3. The molecule has 1 aromatic carbocycles. The Morgan fingerprint density at radius 1 is 1.13 bits per heavy atom. The van der Waals surface area contributed by atoms with Crippen molar-refractivity contribution in [2.24, 2.45) is 5.41 Å². The first-order chi connectivity index (χ1) is 14.7. The number of hydrogen-bond donors (Lipinski definition) is 1. The highest BCUT2D eigenvalue weighted by Crippen LogP contribution is 2.37. The summed E-state index contributed by atoms with van der Waals surface area (Å²) in [6.07, 6.45) is 9.54. The molecule has 0 spiro atoms. The van der Waals surface area contributed by atoms with Crippen LogP contribution in [-0.4, -0.2) is 45.9 Å². The van der Waals surface area contributed by atoms with Gasteiger partial charge in [0.2, 0.25) is 5.91 Å². The standard InChI is InChI=1S/C24H27N5O/c1-25-23(30)24(10-6-12-29(17-24)16-21-8-4-5-11-28-21)13-19-7-2-3-9-22(19)20-14-26-18-27-15-20/h2-5,7-9,11,14-15,18H,6,10,12-13,16-17H2,1H3,(H,25,30). The van der Waals surface area contributed by atoms with E-state index in [-0.39, 0.29) is 5.91 Å². The molecular formula is C24H27N5O. The second kappa shape index (κ2) is 9.13. The van der Waals surface area contributed by atoms with Gasteiger partial charge in [-0.15, -0.1) is 0 Å². The van der Waals surface area contributed by atoms with Gasteiger partial charge in [-0.1, -0.05) is 30.3 Å². The van der Waals surface area contributed by atoms with Gasteiger partial charge in [-0.3, -0.25) is 14.7 Å². The fourth-order valence-corrected chi connectivity index (χ4v) is 4.52. The minimum atomic E-state index is -0.479. The van der Waals surface area contributed by atoms with Gasteiger partial charge in [0.05, 0.1) is 11.1 Å². The van der Waals surface area contributed by atoms with Gasteiger partial charge in [-0.05, 0) is 49.1 Å².